The molecule has 180 valence electrons. The molecule has 2 N–H and O–H groups in total. The molecule has 0 aliphatic rings. The minimum atomic E-state index is -0.648. The molecule has 0 unspecified atom stereocenters. The second-order valence-electron chi connectivity index (χ2n) is 7.92. The van der Waals surface area contributed by atoms with Crippen LogP contribution in [0.5, 0.6) is 5.75 Å². The average molecular weight is 482 g/mol. The molecule has 3 aromatic rings. The van der Waals surface area contributed by atoms with Gasteiger partial charge in [-0.3, -0.25) is 9.59 Å². The Labute approximate surface area is 204 Å². The van der Waals surface area contributed by atoms with Crippen LogP contribution in [0.25, 0.3) is 0 Å². The maximum Gasteiger partial charge on any atom is 0.261 e. The van der Waals surface area contributed by atoms with Gasteiger partial charge in [-0.2, -0.15) is 0 Å². The molecule has 1 heterocycles. The first-order chi connectivity index (χ1) is 16.4. The first-order valence-electron chi connectivity index (χ1n) is 11.3. The number of aryl methyl sites for hydroxylation is 1. The SMILES string of the molecule is CCc1ccc(O[C@H](C)C(=O)NCc2nnc(SCC(=O)N[C@H](C)c3ccccc3)n2C)cc1. The van der Waals surface area contributed by atoms with Crippen LogP contribution < -0.4 is 15.4 Å². The lowest BCUT2D eigenvalue weighted by Gasteiger charge is -2.15. The number of rotatable bonds is 11. The number of nitrogens with zero attached hydrogens (tertiary/aromatic N) is 3. The van der Waals surface area contributed by atoms with Crippen molar-refractivity contribution >= 4 is 23.6 Å². The predicted molar refractivity (Wildman–Crippen MR) is 132 cm³/mol. The van der Waals surface area contributed by atoms with Gasteiger partial charge in [-0.05, 0) is 43.5 Å². The highest BCUT2D eigenvalue weighted by atomic mass is 32.2. The highest BCUT2D eigenvalue weighted by molar-refractivity contribution is 7.99. The van der Waals surface area contributed by atoms with E-state index >= 15 is 0 Å². The van der Waals surface area contributed by atoms with Crippen LogP contribution in [-0.2, 0) is 29.6 Å². The fourth-order valence-corrected chi connectivity index (χ4v) is 3.98. The second kappa shape index (κ2) is 12.2. The van der Waals surface area contributed by atoms with Crippen LogP contribution in [0.2, 0.25) is 0 Å². The molecule has 0 radical (unpaired) electrons. The van der Waals surface area contributed by atoms with E-state index in [1.165, 1.54) is 17.3 Å². The van der Waals surface area contributed by atoms with Gasteiger partial charge in [0.2, 0.25) is 5.91 Å². The van der Waals surface area contributed by atoms with Gasteiger partial charge in [-0.25, -0.2) is 0 Å². The monoisotopic (exact) mass is 481 g/mol. The summed E-state index contributed by atoms with van der Waals surface area (Å²) in [4.78, 5) is 24.8. The van der Waals surface area contributed by atoms with Crippen LogP contribution in [0.3, 0.4) is 0 Å². The number of ether oxygens (including phenoxy) is 1. The molecule has 0 aliphatic carbocycles. The van der Waals surface area contributed by atoms with Crippen molar-refractivity contribution in [2.24, 2.45) is 7.05 Å². The standard InChI is InChI=1S/C25H31N5O3S/c1-5-19-11-13-21(14-12-19)33-18(3)24(32)26-15-22-28-29-25(30(22)4)34-16-23(31)27-17(2)20-9-7-6-8-10-20/h6-14,17-18H,5,15-16H2,1-4H3,(H,26,32)(H,27,31)/t17-,18-/m1/s1. The first-order valence-corrected chi connectivity index (χ1v) is 12.2. The van der Waals surface area contributed by atoms with Crippen molar-refractivity contribution in [2.45, 2.75) is 51.0 Å². The largest absolute Gasteiger partial charge is 0.481 e. The third-order valence-corrected chi connectivity index (χ3v) is 6.39. The Balaban J connectivity index is 1.45. The number of hydrogen-bond acceptors (Lipinski definition) is 6. The van der Waals surface area contributed by atoms with Gasteiger partial charge >= 0.3 is 0 Å². The number of carbonyl (C=O) groups is 2. The molecule has 34 heavy (non-hydrogen) atoms. The number of aromatic nitrogens is 3. The number of nitrogens with one attached hydrogen (secondary N) is 2. The molecule has 2 atom stereocenters. The third kappa shape index (κ3) is 7.08. The smallest absolute Gasteiger partial charge is 0.261 e. The fourth-order valence-electron chi connectivity index (χ4n) is 3.23. The van der Waals surface area contributed by atoms with Crippen molar-refractivity contribution in [1.82, 2.24) is 25.4 Å². The fraction of sp³-hybridized carbons (Fsp3) is 0.360. The molecular formula is C25H31N5O3S. The molecule has 0 fully saturated rings. The lowest BCUT2D eigenvalue weighted by Crippen LogP contribution is -2.36. The summed E-state index contributed by atoms with van der Waals surface area (Å²) >= 11 is 1.30. The Morgan fingerprint density at radius 1 is 1.06 bits per heavy atom. The highest BCUT2D eigenvalue weighted by Crippen LogP contribution is 2.17. The van der Waals surface area contributed by atoms with Crippen LogP contribution in [0.1, 0.15) is 43.8 Å². The van der Waals surface area contributed by atoms with E-state index < -0.39 is 6.10 Å². The Hall–Kier alpha value is -3.33. The Kier molecular flexibility index (Phi) is 9.09. The molecule has 0 bridgehead atoms. The van der Waals surface area contributed by atoms with Crippen molar-refractivity contribution in [3.8, 4) is 5.75 Å². The van der Waals surface area contributed by atoms with E-state index in [9.17, 15) is 9.59 Å². The first kappa shape index (κ1) is 25.3. The summed E-state index contributed by atoms with van der Waals surface area (Å²) in [5, 5.41) is 14.7. The molecular weight excluding hydrogens is 450 g/mol. The van der Waals surface area contributed by atoms with Crippen LogP contribution in [0.4, 0.5) is 0 Å². The van der Waals surface area contributed by atoms with Crippen LogP contribution in [0.15, 0.2) is 59.8 Å². The van der Waals surface area contributed by atoms with Crippen LogP contribution >= 0.6 is 11.8 Å². The van der Waals surface area contributed by atoms with Crippen molar-refractivity contribution < 1.29 is 14.3 Å². The van der Waals surface area contributed by atoms with Crippen molar-refractivity contribution in [2.75, 3.05) is 5.75 Å². The zero-order valence-corrected chi connectivity index (χ0v) is 20.8. The van der Waals surface area contributed by atoms with Gasteiger partial charge in [0, 0.05) is 7.05 Å². The molecule has 0 saturated heterocycles. The molecule has 1 aromatic heterocycles. The van der Waals surface area contributed by atoms with Gasteiger partial charge in [0.15, 0.2) is 17.1 Å². The summed E-state index contributed by atoms with van der Waals surface area (Å²) < 4.78 is 7.50. The second-order valence-corrected chi connectivity index (χ2v) is 8.86. The van der Waals surface area contributed by atoms with Gasteiger partial charge in [-0.1, -0.05) is 61.2 Å². The Morgan fingerprint density at radius 2 is 1.76 bits per heavy atom. The van der Waals surface area contributed by atoms with E-state index in [4.69, 9.17) is 4.74 Å². The van der Waals surface area contributed by atoms with Gasteiger partial charge in [0.05, 0.1) is 18.3 Å². The normalized spacial score (nSPS) is 12.6. The predicted octanol–water partition coefficient (Wildman–Crippen LogP) is 3.43. The average Bonchev–Trinajstić information content (AvgIpc) is 3.21. The zero-order valence-electron chi connectivity index (χ0n) is 19.9. The number of benzene rings is 2. The summed E-state index contributed by atoms with van der Waals surface area (Å²) in [5.41, 5.74) is 2.26. The lowest BCUT2D eigenvalue weighted by molar-refractivity contribution is -0.127. The third-order valence-electron chi connectivity index (χ3n) is 5.37. The molecule has 9 heteroatoms. The van der Waals surface area contributed by atoms with E-state index in [-0.39, 0.29) is 30.2 Å². The summed E-state index contributed by atoms with van der Waals surface area (Å²) in [6.07, 6.45) is 0.302. The molecule has 0 aliphatic heterocycles. The molecule has 0 spiro atoms. The van der Waals surface area contributed by atoms with Gasteiger partial charge in [-0.15, -0.1) is 10.2 Å². The highest BCUT2D eigenvalue weighted by Gasteiger charge is 2.17. The zero-order chi connectivity index (χ0) is 24.5. The van der Waals surface area contributed by atoms with E-state index in [1.54, 1.807) is 11.5 Å². The maximum absolute atomic E-state index is 12.4. The number of amides is 2. The van der Waals surface area contributed by atoms with Crippen molar-refractivity contribution in [3.63, 3.8) is 0 Å². The number of hydrogen-bond donors (Lipinski definition) is 2. The minimum absolute atomic E-state index is 0.0756. The van der Waals surface area contributed by atoms with E-state index in [0.717, 1.165) is 12.0 Å². The molecule has 0 saturated carbocycles. The molecule has 2 aromatic carbocycles. The van der Waals surface area contributed by atoms with Crippen LogP contribution in [0, 0.1) is 0 Å². The number of thioether (sulfide) groups is 1. The summed E-state index contributed by atoms with van der Waals surface area (Å²) in [6.45, 7) is 5.95. The van der Waals surface area contributed by atoms with Crippen LogP contribution in [-0.4, -0.2) is 38.4 Å². The van der Waals surface area contributed by atoms with Gasteiger partial charge in [0.25, 0.3) is 5.91 Å². The topological polar surface area (TPSA) is 98.1 Å². The molecule has 3 rings (SSSR count). The Morgan fingerprint density at radius 3 is 2.44 bits per heavy atom. The van der Waals surface area contributed by atoms with Gasteiger partial charge in [0.1, 0.15) is 5.75 Å². The summed E-state index contributed by atoms with van der Waals surface area (Å²) in [7, 11) is 1.81. The summed E-state index contributed by atoms with van der Waals surface area (Å²) in [5.74, 6) is 1.13. The van der Waals surface area contributed by atoms with E-state index in [1.807, 2.05) is 68.6 Å². The maximum atomic E-state index is 12.4. The minimum Gasteiger partial charge on any atom is -0.481 e. The quantitative estimate of drug-likeness (QED) is 0.407. The lowest BCUT2D eigenvalue weighted by atomic mass is 10.1. The Bertz CT molecular complexity index is 1090. The number of carbonyl (C=O) groups excluding carboxylic acids is 2. The molecule has 8 nitrogen and oxygen atoms in total. The van der Waals surface area contributed by atoms with Crippen molar-refractivity contribution in [1.29, 1.82) is 0 Å². The van der Waals surface area contributed by atoms with E-state index in [0.29, 0.717) is 16.7 Å². The molecule has 2 amide bonds. The van der Waals surface area contributed by atoms with Crippen molar-refractivity contribution in [3.05, 3.63) is 71.5 Å². The van der Waals surface area contributed by atoms with E-state index in [2.05, 4.69) is 27.8 Å². The van der Waals surface area contributed by atoms with Gasteiger partial charge < -0.3 is 19.9 Å². The summed E-state index contributed by atoms with van der Waals surface area (Å²) in [6, 6.07) is 17.4.